The summed E-state index contributed by atoms with van der Waals surface area (Å²) >= 11 is 0. The third-order valence-electron chi connectivity index (χ3n) is 10.2. The number of rotatable bonds is 7. The molecule has 257 valence electrons. The predicted molar refractivity (Wildman–Crippen MR) is 211 cm³/mol. The summed E-state index contributed by atoms with van der Waals surface area (Å²) in [7, 11) is -2.83. The second-order valence-corrected chi connectivity index (χ2v) is 26.0. The topological polar surface area (TPSA) is 25.8 Å². The number of benzene rings is 3. The first-order valence-corrected chi connectivity index (χ1v) is 25.1. The summed E-state index contributed by atoms with van der Waals surface area (Å²) in [5.74, 6) is 1.46. The maximum Gasteiger partial charge on any atom is 0.0803 e. The van der Waals surface area contributed by atoms with E-state index in [1.807, 2.05) is 12.1 Å². The minimum absolute atomic E-state index is 0. The smallest absolute Gasteiger partial charge is 0.0803 e. The van der Waals surface area contributed by atoms with Crippen molar-refractivity contribution in [2.75, 3.05) is 0 Å². The quantitative estimate of drug-likeness (QED) is 0.120. The minimum atomic E-state index is -1.49. The summed E-state index contributed by atoms with van der Waals surface area (Å²) < 4.78 is 0. The van der Waals surface area contributed by atoms with Gasteiger partial charge in [0.15, 0.2) is 0 Å². The molecule has 5 heteroatoms. The first kappa shape index (κ1) is 37.3. The van der Waals surface area contributed by atoms with E-state index in [9.17, 15) is 0 Å². The van der Waals surface area contributed by atoms with Crippen molar-refractivity contribution >= 4 is 26.5 Å². The van der Waals surface area contributed by atoms with Crippen LogP contribution in [0.4, 0.5) is 0 Å². The zero-order chi connectivity index (χ0) is 33.7. The van der Waals surface area contributed by atoms with Crippen LogP contribution in [0.5, 0.6) is 0 Å². The predicted octanol–water partition coefficient (Wildman–Crippen LogP) is 11.2. The summed E-state index contributed by atoms with van der Waals surface area (Å²) in [6, 6.07) is 36.9. The summed E-state index contributed by atoms with van der Waals surface area (Å²) in [5, 5.41) is 2.97. The van der Waals surface area contributed by atoms with Gasteiger partial charge in [-0.05, 0) is 70.4 Å². The van der Waals surface area contributed by atoms with Crippen LogP contribution in [0, 0.1) is 12.1 Å². The van der Waals surface area contributed by atoms with Gasteiger partial charge in [0, 0.05) is 32.5 Å². The van der Waals surface area contributed by atoms with E-state index < -0.39 is 16.1 Å². The molecule has 0 N–H and O–H groups in total. The van der Waals surface area contributed by atoms with Crippen molar-refractivity contribution in [3.05, 3.63) is 121 Å². The zero-order valence-corrected chi connectivity index (χ0v) is 34.7. The van der Waals surface area contributed by atoms with Gasteiger partial charge in [-0.1, -0.05) is 113 Å². The molecule has 2 aliphatic rings. The standard InChI is InChI=1S/C25H28NSi.C19H24NSi.Ir/c1-27(2,3)25-18-26-24(17-23(25)20-12-5-4-6-13-20)22-15-9-14-21(16-22)19-10-7-8-11-19;1-21(2,3)19-14-20-18(16-11-5-4-6-12-16)13-17(19)15-9-7-8-10-15;/h4-6,9,12-14,16-19H,7-8,10-11H2,1-3H3;4-6,11,13-15H,7-10H2,1-3H3;/q2*-1;. The molecule has 0 unspecified atom stereocenters. The number of nitrogens with zero attached hydrogens (tertiary/aromatic N) is 2. The van der Waals surface area contributed by atoms with Gasteiger partial charge in [-0.2, -0.15) is 0 Å². The van der Waals surface area contributed by atoms with Crippen molar-refractivity contribution < 1.29 is 20.1 Å². The van der Waals surface area contributed by atoms with Crippen LogP contribution in [0.2, 0.25) is 39.3 Å². The molecule has 7 rings (SSSR count). The van der Waals surface area contributed by atoms with Crippen LogP contribution in [0.25, 0.3) is 33.6 Å². The summed E-state index contributed by atoms with van der Waals surface area (Å²) in [5.41, 5.74) is 10.0. The summed E-state index contributed by atoms with van der Waals surface area (Å²) in [6.45, 7) is 14.5. The van der Waals surface area contributed by atoms with Crippen LogP contribution in [0.3, 0.4) is 0 Å². The van der Waals surface area contributed by atoms with E-state index >= 15 is 0 Å². The van der Waals surface area contributed by atoms with Gasteiger partial charge in [-0.25, -0.2) is 0 Å². The number of aromatic nitrogens is 2. The van der Waals surface area contributed by atoms with Crippen molar-refractivity contribution in [2.45, 2.75) is 102 Å². The van der Waals surface area contributed by atoms with E-state index in [1.165, 1.54) is 73.2 Å². The maximum absolute atomic E-state index is 4.87. The van der Waals surface area contributed by atoms with E-state index in [4.69, 9.17) is 9.97 Å². The molecule has 0 atom stereocenters. The average molecular weight is 857 g/mol. The third-order valence-corrected chi connectivity index (χ3v) is 14.3. The maximum atomic E-state index is 4.87. The van der Waals surface area contributed by atoms with Gasteiger partial charge in [-0.3, -0.25) is 0 Å². The van der Waals surface area contributed by atoms with E-state index in [1.54, 1.807) is 10.8 Å². The normalized spacial score (nSPS) is 15.4. The second kappa shape index (κ2) is 16.4. The molecule has 1 radical (unpaired) electrons. The molecule has 0 amide bonds. The Bertz CT molecular complexity index is 1800. The van der Waals surface area contributed by atoms with Crippen LogP contribution >= 0.6 is 0 Å². The van der Waals surface area contributed by atoms with Crippen LogP contribution in [-0.4, -0.2) is 26.1 Å². The Labute approximate surface area is 311 Å². The third kappa shape index (κ3) is 9.24. The molecule has 2 saturated carbocycles. The molecule has 0 aliphatic heterocycles. The first-order chi connectivity index (χ1) is 23.1. The van der Waals surface area contributed by atoms with Crippen LogP contribution in [0.1, 0.15) is 74.3 Å². The van der Waals surface area contributed by atoms with Gasteiger partial charge in [0.2, 0.25) is 0 Å². The van der Waals surface area contributed by atoms with Crippen LogP contribution in [-0.2, 0) is 20.1 Å². The van der Waals surface area contributed by atoms with Crippen molar-refractivity contribution in [3.8, 4) is 33.6 Å². The molecular formula is C44H52IrN2Si2-2. The fourth-order valence-electron chi connectivity index (χ4n) is 7.57. The van der Waals surface area contributed by atoms with Crippen molar-refractivity contribution in [1.82, 2.24) is 9.97 Å². The summed E-state index contributed by atoms with van der Waals surface area (Å²) in [6.07, 6.45) is 15.1. The Morgan fingerprint density at radius 2 is 1.14 bits per heavy atom. The van der Waals surface area contributed by atoms with Gasteiger partial charge >= 0.3 is 0 Å². The van der Waals surface area contributed by atoms with E-state index in [0.29, 0.717) is 5.92 Å². The summed E-state index contributed by atoms with van der Waals surface area (Å²) in [4.78, 5) is 9.62. The molecule has 2 fully saturated rings. The molecule has 2 aliphatic carbocycles. The monoisotopic (exact) mass is 857 g/mol. The average Bonchev–Trinajstić information content (AvgIpc) is 3.84. The van der Waals surface area contributed by atoms with Gasteiger partial charge in [0.05, 0.1) is 16.1 Å². The Kier molecular flexibility index (Phi) is 12.5. The van der Waals surface area contributed by atoms with E-state index in [-0.39, 0.29) is 20.1 Å². The molecular weight excluding hydrogens is 805 g/mol. The molecule has 2 nitrogen and oxygen atoms in total. The fourth-order valence-corrected chi connectivity index (χ4v) is 10.6. The second-order valence-electron chi connectivity index (χ2n) is 15.9. The van der Waals surface area contributed by atoms with E-state index in [0.717, 1.165) is 28.4 Å². The van der Waals surface area contributed by atoms with Crippen molar-refractivity contribution in [3.63, 3.8) is 0 Å². The first-order valence-electron chi connectivity index (χ1n) is 18.1. The number of hydrogen-bond acceptors (Lipinski definition) is 2. The van der Waals surface area contributed by atoms with Crippen molar-refractivity contribution in [2.24, 2.45) is 0 Å². The Morgan fingerprint density at radius 1 is 0.571 bits per heavy atom. The van der Waals surface area contributed by atoms with Crippen LogP contribution in [0.15, 0.2) is 97.3 Å². The molecule has 2 aromatic heterocycles. The van der Waals surface area contributed by atoms with Gasteiger partial charge in [0.1, 0.15) is 0 Å². The minimum Gasteiger partial charge on any atom is -0.305 e. The van der Waals surface area contributed by atoms with E-state index in [2.05, 4.69) is 137 Å². The number of hydrogen-bond donors (Lipinski definition) is 0. The number of pyridine rings is 2. The van der Waals surface area contributed by atoms with Crippen molar-refractivity contribution in [1.29, 1.82) is 0 Å². The SMILES string of the molecule is C[Si](C)(C)c1cnc(-c2[c-]ccc(C3CCCC3)c2)cc1-c1ccccc1.C[Si](C)(C)c1cnc(-c2[c-]cccc2)cc1C1CCCC1.[Ir]. The fraction of sp³-hybridized carbons (Fsp3) is 0.364. The molecule has 0 spiro atoms. The Hall–Kier alpha value is -2.96. The Balaban J connectivity index is 0.000000193. The molecule has 0 bridgehead atoms. The molecule has 3 aromatic carbocycles. The molecule has 5 aromatic rings. The van der Waals surface area contributed by atoms with Gasteiger partial charge < -0.3 is 9.97 Å². The van der Waals surface area contributed by atoms with Gasteiger partial charge in [-0.15, -0.1) is 71.3 Å². The largest absolute Gasteiger partial charge is 0.305 e. The molecule has 0 saturated heterocycles. The molecule has 49 heavy (non-hydrogen) atoms. The van der Waals surface area contributed by atoms with Crippen LogP contribution < -0.4 is 10.4 Å². The molecule has 2 heterocycles. The van der Waals surface area contributed by atoms with Gasteiger partial charge in [0.25, 0.3) is 0 Å². The zero-order valence-electron chi connectivity index (χ0n) is 30.3. The Morgan fingerprint density at radius 3 is 1.76 bits per heavy atom.